The SMILES string of the molecule is COc1ccccc1NC(=O)CN1NC2N(Cc3ccc(C)cc3)C(=O)C3CCCCC3N2C1=O. The zero-order valence-electron chi connectivity index (χ0n) is 20.1. The molecule has 2 aromatic rings. The maximum absolute atomic E-state index is 13.6. The molecule has 2 saturated heterocycles. The second kappa shape index (κ2) is 9.58. The van der Waals surface area contributed by atoms with E-state index in [4.69, 9.17) is 4.74 Å². The Bertz CT molecular complexity index is 1120. The largest absolute Gasteiger partial charge is 0.495 e. The molecule has 9 heteroatoms. The van der Waals surface area contributed by atoms with Crippen molar-refractivity contribution in [3.63, 3.8) is 0 Å². The van der Waals surface area contributed by atoms with Crippen molar-refractivity contribution in [1.29, 1.82) is 0 Å². The topological polar surface area (TPSA) is 94.2 Å². The van der Waals surface area contributed by atoms with Gasteiger partial charge < -0.3 is 15.0 Å². The average molecular weight is 478 g/mol. The Balaban J connectivity index is 1.36. The zero-order chi connectivity index (χ0) is 24.5. The summed E-state index contributed by atoms with van der Waals surface area (Å²) in [4.78, 5) is 43.4. The molecular weight excluding hydrogens is 446 g/mol. The van der Waals surface area contributed by atoms with E-state index in [9.17, 15) is 14.4 Å². The molecule has 3 unspecified atom stereocenters. The molecule has 2 aliphatic heterocycles. The van der Waals surface area contributed by atoms with Gasteiger partial charge in [0.2, 0.25) is 11.8 Å². The van der Waals surface area contributed by atoms with E-state index in [1.165, 1.54) is 12.1 Å². The number of methoxy groups -OCH3 is 1. The highest BCUT2D eigenvalue weighted by Gasteiger charge is 2.54. The molecule has 4 amide bonds. The highest BCUT2D eigenvalue weighted by molar-refractivity contribution is 5.96. The van der Waals surface area contributed by atoms with Crippen molar-refractivity contribution in [2.45, 2.75) is 51.5 Å². The summed E-state index contributed by atoms with van der Waals surface area (Å²) in [6.45, 7) is 2.23. The first-order valence-corrected chi connectivity index (χ1v) is 12.1. The van der Waals surface area contributed by atoms with Crippen LogP contribution in [0.4, 0.5) is 10.5 Å². The first-order chi connectivity index (χ1) is 17.0. The van der Waals surface area contributed by atoms with Crippen molar-refractivity contribution < 1.29 is 19.1 Å². The number of nitrogens with one attached hydrogen (secondary N) is 2. The number of nitrogens with zero attached hydrogens (tertiary/aromatic N) is 3. The number of aryl methyl sites for hydroxylation is 1. The van der Waals surface area contributed by atoms with Crippen molar-refractivity contribution >= 4 is 23.5 Å². The van der Waals surface area contributed by atoms with Crippen LogP contribution in [-0.4, -0.2) is 58.6 Å². The summed E-state index contributed by atoms with van der Waals surface area (Å²) < 4.78 is 5.30. The lowest BCUT2D eigenvalue weighted by atomic mass is 9.81. The molecule has 3 aliphatic rings. The fourth-order valence-corrected chi connectivity index (χ4v) is 5.36. The summed E-state index contributed by atoms with van der Waals surface area (Å²) in [5, 5.41) is 4.14. The number of rotatable bonds is 6. The minimum Gasteiger partial charge on any atom is -0.495 e. The van der Waals surface area contributed by atoms with Crippen LogP contribution in [0.3, 0.4) is 0 Å². The second-order valence-corrected chi connectivity index (χ2v) is 9.44. The fourth-order valence-electron chi connectivity index (χ4n) is 5.36. The van der Waals surface area contributed by atoms with Gasteiger partial charge in [-0.15, -0.1) is 0 Å². The van der Waals surface area contributed by atoms with Gasteiger partial charge in [-0.05, 0) is 37.5 Å². The number of hydrogen-bond donors (Lipinski definition) is 2. The van der Waals surface area contributed by atoms with Crippen LogP contribution < -0.4 is 15.5 Å². The van der Waals surface area contributed by atoms with Gasteiger partial charge in [-0.2, -0.15) is 5.43 Å². The minimum absolute atomic E-state index is 0.0668. The third-order valence-electron chi connectivity index (χ3n) is 7.13. The normalized spacial score (nSPS) is 23.7. The summed E-state index contributed by atoms with van der Waals surface area (Å²) >= 11 is 0. The van der Waals surface area contributed by atoms with E-state index in [0.29, 0.717) is 18.0 Å². The number of hydrogen-bond acceptors (Lipinski definition) is 5. The predicted molar refractivity (Wildman–Crippen MR) is 130 cm³/mol. The van der Waals surface area contributed by atoms with Gasteiger partial charge in [0, 0.05) is 12.6 Å². The van der Waals surface area contributed by atoms with Crippen molar-refractivity contribution in [2.24, 2.45) is 5.92 Å². The van der Waals surface area contributed by atoms with Gasteiger partial charge in [-0.25, -0.2) is 9.80 Å². The van der Waals surface area contributed by atoms with Gasteiger partial charge in [0.1, 0.15) is 12.3 Å². The Labute approximate surface area is 205 Å². The second-order valence-electron chi connectivity index (χ2n) is 9.44. The molecule has 0 bridgehead atoms. The molecule has 0 aromatic heterocycles. The lowest BCUT2D eigenvalue weighted by molar-refractivity contribution is -0.157. The molecule has 3 fully saturated rings. The number of amides is 4. The molecule has 35 heavy (non-hydrogen) atoms. The first kappa shape index (κ1) is 23.2. The van der Waals surface area contributed by atoms with Crippen LogP contribution in [0.15, 0.2) is 48.5 Å². The number of ether oxygens (including phenoxy) is 1. The summed E-state index contributed by atoms with van der Waals surface area (Å²) in [5.41, 5.74) is 5.84. The van der Waals surface area contributed by atoms with Gasteiger partial charge in [0.15, 0.2) is 6.29 Å². The predicted octanol–water partition coefficient (Wildman–Crippen LogP) is 3.07. The molecule has 5 rings (SSSR count). The van der Waals surface area contributed by atoms with E-state index >= 15 is 0 Å². The molecule has 2 aromatic carbocycles. The molecule has 1 aliphatic carbocycles. The molecule has 0 spiro atoms. The first-order valence-electron chi connectivity index (χ1n) is 12.1. The van der Waals surface area contributed by atoms with Gasteiger partial charge in [0.05, 0.1) is 18.7 Å². The molecule has 1 saturated carbocycles. The molecule has 184 valence electrons. The maximum Gasteiger partial charge on any atom is 0.337 e. The Hall–Kier alpha value is -3.59. The molecule has 9 nitrogen and oxygen atoms in total. The Morgan fingerprint density at radius 2 is 1.83 bits per heavy atom. The number of anilines is 1. The molecule has 2 N–H and O–H groups in total. The van der Waals surface area contributed by atoms with Crippen LogP contribution in [0.2, 0.25) is 0 Å². The fraction of sp³-hybridized carbons (Fsp3) is 0.423. The van der Waals surface area contributed by atoms with Crippen LogP contribution in [0.5, 0.6) is 5.75 Å². The lowest BCUT2D eigenvalue weighted by Crippen LogP contribution is -2.65. The number of benzene rings is 2. The number of fused-ring (bicyclic) bond motifs is 3. The number of urea groups is 1. The molecule has 3 atom stereocenters. The van der Waals surface area contributed by atoms with Crippen LogP contribution in [-0.2, 0) is 16.1 Å². The highest BCUT2D eigenvalue weighted by atomic mass is 16.5. The van der Waals surface area contributed by atoms with Crippen molar-refractivity contribution in [2.75, 3.05) is 19.0 Å². The van der Waals surface area contributed by atoms with E-state index in [1.807, 2.05) is 37.3 Å². The van der Waals surface area contributed by atoms with Crippen LogP contribution >= 0.6 is 0 Å². The average Bonchev–Trinajstić information content (AvgIpc) is 3.18. The van der Waals surface area contributed by atoms with Gasteiger partial charge in [-0.1, -0.05) is 54.8 Å². The van der Waals surface area contributed by atoms with Crippen molar-refractivity contribution in [1.82, 2.24) is 20.2 Å². The Morgan fingerprint density at radius 3 is 2.60 bits per heavy atom. The third kappa shape index (κ3) is 4.43. The minimum atomic E-state index is -0.616. The number of hydrazine groups is 1. The van der Waals surface area contributed by atoms with Crippen molar-refractivity contribution in [3.05, 3.63) is 59.7 Å². The number of carbonyl (C=O) groups is 3. The Kier molecular flexibility index (Phi) is 6.34. The summed E-state index contributed by atoms with van der Waals surface area (Å²) in [5.74, 6) is 0.0430. The van der Waals surface area contributed by atoms with E-state index in [-0.39, 0.29) is 36.3 Å². The summed E-state index contributed by atoms with van der Waals surface area (Å²) in [6, 6.07) is 14.7. The van der Waals surface area contributed by atoms with E-state index in [2.05, 4.69) is 10.7 Å². The van der Waals surface area contributed by atoms with Crippen LogP contribution in [0, 0.1) is 12.8 Å². The lowest BCUT2D eigenvalue weighted by Gasteiger charge is -2.48. The summed E-state index contributed by atoms with van der Waals surface area (Å²) in [6.07, 6.45) is 2.92. The highest BCUT2D eigenvalue weighted by Crippen LogP contribution is 2.38. The molecular formula is C26H31N5O4. The van der Waals surface area contributed by atoms with Gasteiger partial charge in [0.25, 0.3) is 0 Å². The third-order valence-corrected chi connectivity index (χ3v) is 7.13. The van der Waals surface area contributed by atoms with Crippen molar-refractivity contribution in [3.8, 4) is 5.75 Å². The van der Waals surface area contributed by atoms with Crippen LogP contribution in [0.25, 0.3) is 0 Å². The monoisotopic (exact) mass is 477 g/mol. The van der Waals surface area contributed by atoms with Crippen LogP contribution in [0.1, 0.15) is 36.8 Å². The van der Waals surface area contributed by atoms with E-state index in [0.717, 1.165) is 36.8 Å². The number of carbonyl (C=O) groups excluding carboxylic acids is 3. The molecule has 0 radical (unpaired) electrons. The van der Waals surface area contributed by atoms with Gasteiger partial charge in [-0.3, -0.25) is 14.5 Å². The quantitative estimate of drug-likeness (QED) is 0.667. The van der Waals surface area contributed by atoms with Gasteiger partial charge >= 0.3 is 6.03 Å². The Morgan fingerprint density at radius 1 is 1.09 bits per heavy atom. The standard InChI is InChI=1S/C26H31N5O4/c1-17-11-13-18(14-12-17)15-29-24(33)19-7-3-5-9-21(19)31-25(29)28-30(26(31)34)16-23(32)27-20-8-4-6-10-22(20)35-2/h4,6,8,10-14,19,21,25,28H,3,5,7,9,15-16H2,1-2H3,(H,27,32). The zero-order valence-corrected chi connectivity index (χ0v) is 20.1. The smallest absolute Gasteiger partial charge is 0.337 e. The van der Waals surface area contributed by atoms with E-state index < -0.39 is 6.29 Å². The summed E-state index contributed by atoms with van der Waals surface area (Å²) in [7, 11) is 1.54. The molecule has 2 heterocycles. The van der Waals surface area contributed by atoms with E-state index in [1.54, 1.807) is 28.0 Å². The maximum atomic E-state index is 13.6. The number of para-hydroxylation sites is 2.